The van der Waals surface area contributed by atoms with Gasteiger partial charge in [0.2, 0.25) is 0 Å². The molecule has 128 valence electrons. The lowest BCUT2D eigenvalue weighted by Gasteiger charge is -2.27. The van der Waals surface area contributed by atoms with Crippen LogP contribution in [0.2, 0.25) is 5.02 Å². The molecular weight excluding hydrogens is 325 g/mol. The number of hydrogen-bond acceptors (Lipinski definition) is 3. The van der Waals surface area contributed by atoms with Crippen molar-refractivity contribution in [3.8, 4) is 0 Å². The maximum atomic E-state index is 13.6. The first-order chi connectivity index (χ1) is 10.5. The molecule has 0 radical (unpaired) electrons. The van der Waals surface area contributed by atoms with Gasteiger partial charge in [0, 0.05) is 19.5 Å². The highest BCUT2D eigenvalue weighted by Gasteiger charge is 2.24. The van der Waals surface area contributed by atoms with Crippen molar-refractivity contribution in [2.24, 2.45) is 0 Å². The third kappa shape index (κ3) is 6.44. The van der Waals surface area contributed by atoms with Crippen LogP contribution in [0.1, 0.15) is 38.7 Å². The Morgan fingerprint density at radius 3 is 2.48 bits per heavy atom. The summed E-state index contributed by atoms with van der Waals surface area (Å²) in [7, 11) is 1.51. The van der Waals surface area contributed by atoms with Crippen molar-refractivity contribution in [3.63, 3.8) is 0 Å². The predicted molar refractivity (Wildman–Crippen MR) is 85.3 cm³/mol. The normalized spacial score (nSPS) is 12.6. The Kier molecular flexibility index (Phi) is 6.38. The number of carbonyl (C=O) groups is 2. The van der Waals surface area contributed by atoms with E-state index in [9.17, 15) is 14.0 Å². The third-order valence-electron chi connectivity index (χ3n) is 3.04. The average Bonchev–Trinajstić information content (AvgIpc) is 2.38. The number of carbonyl (C=O) groups excluding carboxylic acids is 1. The van der Waals surface area contributed by atoms with Crippen molar-refractivity contribution in [2.45, 2.75) is 38.7 Å². The average molecular weight is 346 g/mol. The number of ether oxygens (including phenoxy) is 1. The van der Waals surface area contributed by atoms with Crippen LogP contribution in [0.5, 0.6) is 0 Å². The van der Waals surface area contributed by atoms with Crippen LogP contribution < -0.4 is 0 Å². The Hall–Kier alpha value is -1.82. The summed E-state index contributed by atoms with van der Waals surface area (Å²) in [6, 6.07) is 4.12. The standard InChI is InChI=1S/C16H21ClFNO4/c1-16(2,3)23-15(22)19(4)9-11(8-14(20)21)10-5-6-12(17)13(18)7-10/h5-7,11H,8-9H2,1-4H3,(H,20,21)/t11-/m1/s1. The van der Waals surface area contributed by atoms with Crippen LogP contribution >= 0.6 is 11.6 Å². The maximum absolute atomic E-state index is 13.6. The number of aliphatic carboxylic acids is 1. The molecular formula is C16H21ClFNO4. The molecule has 1 atom stereocenters. The molecule has 0 unspecified atom stereocenters. The predicted octanol–water partition coefficient (Wildman–Crippen LogP) is 3.90. The minimum atomic E-state index is -1.04. The summed E-state index contributed by atoms with van der Waals surface area (Å²) >= 11 is 5.64. The van der Waals surface area contributed by atoms with Crippen molar-refractivity contribution >= 4 is 23.7 Å². The second kappa shape index (κ2) is 7.64. The van der Waals surface area contributed by atoms with E-state index in [1.807, 2.05) is 0 Å². The molecule has 1 amide bonds. The van der Waals surface area contributed by atoms with Crippen LogP contribution in [0.3, 0.4) is 0 Å². The molecule has 1 aromatic carbocycles. The highest BCUT2D eigenvalue weighted by molar-refractivity contribution is 6.30. The maximum Gasteiger partial charge on any atom is 0.410 e. The van der Waals surface area contributed by atoms with Gasteiger partial charge >= 0.3 is 12.1 Å². The van der Waals surface area contributed by atoms with Gasteiger partial charge in [-0.1, -0.05) is 17.7 Å². The minimum Gasteiger partial charge on any atom is -0.481 e. The largest absolute Gasteiger partial charge is 0.481 e. The quantitative estimate of drug-likeness (QED) is 0.878. The van der Waals surface area contributed by atoms with Crippen LogP contribution in [0, 0.1) is 5.82 Å². The van der Waals surface area contributed by atoms with Crippen molar-refractivity contribution in [1.82, 2.24) is 4.90 Å². The highest BCUT2D eigenvalue weighted by Crippen LogP contribution is 2.25. The monoisotopic (exact) mass is 345 g/mol. The molecule has 0 spiro atoms. The van der Waals surface area contributed by atoms with Crippen molar-refractivity contribution in [2.75, 3.05) is 13.6 Å². The van der Waals surface area contributed by atoms with E-state index in [-0.39, 0.29) is 18.0 Å². The van der Waals surface area contributed by atoms with Gasteiger partial charge in [0.1, 0.15) is 11.4 Å². The Morgan fingerprint density at radius 1 is 1.39 bits per heavy atom. The number of hydrogen-bond donors (Lipinski definition) is 1. The molecule has 0 aliphatic carbocycles. The van der Waals surface area contributed by atoms with Crippen LogP contribution in [0.25, 0.3) is 0 Å². The molecule has 0 fully saturated rings. The van der Waals surface area contributed by atoms with Crippen molar-refractivity contribution < 1.29 is 23.8 Å². The van der Waals surface area contributed by atoms with Gasteiger partial charge in [-0.15, -0.1) is 0 Å². The SMILES string of the molecule is CN(C[C@@H](CC(=O)O)c1ccc(Cl)c(F)c1)C(=O)OC(C)(C)C. The molecule has 0 aliphatic rings. The van der Waals surface area contributed by atoms with Gasteiger partial charge in [-0.25, -0.2) is 9.18 Å². The minimum absolute atomic E-state index is 0.0386. The van der Waals surface area contributed by atoms with E-state index in [4.69, 9.17) is 21.4 Å². The molecule has 5 nitrogen and oxygen atoms in total. The number of benzene rings is 1. The van der Waals surface area contributed by atoms with Gasteiger partial charge in [0.15, 0.2) is 0 Å². The van der Waals surface area contributed by atoms with Gasteiger partial charge in [0.25, 0.3) is 0 Å². The van der Waals surface area contributed by atoms with Gasteiger partial charge in [-0.3, -0.25) is 4.79 Å². The smallest absolute Gasteiger partial charge is 0.410 e. The van der Waals surface area contributed by atoms with E-state index in [2.05, 4.69) is 0 Å². The topological polar surface area (TPSA) is 66.8 Å². The fourth-order valence-corrected chi connectivity index (χ4v) is 2.13. The Balaban J connectivity index is 2.92. The lowest BCUT2D eigenvalue weighted by molar-refractivity contribution is -0.137. The zero-order valence-electron chi connectivity index (χ0n) is 13.6. The Morgan fingerprint density at radius 2 is 2.00 bits per heavy atom. The summed E-state index contributed by atoms with van der Waals surface area (Å²) in [5.74, 6) is -2.24. The van der Waals surface area contributed by atoms with Crippen LogP contribution in [0.4, 0.5) is 9.18 Å². The number of halogens is 2. The molecule has 0 saturated heterocycles. The summed E-state index contributed by atoms with van der Waals surface area (Å²) in [5.41, 5.74) is -0.190. The summed E-state index contributed by atoms with van der Waals surface area (Å²) in [6.07, 6.45) is -0.809. The molecule has 1 aromatic rings. The summed E-state index contributed by atoms with van der Waals surface area (Å²) in [4.78, 5) is 24.3. The zero-order valence-corrected chi connectivity index (χ0v) is 14.4. The summed E-state index contributed by atoms with van der Waals surface area (Å²) < 4.78 is 18.8. The molecule has 0 saturated carbocycles. The summed E-state index contributed by atoms with van der Waals surface area (Å²) in [6.45, 7) is 5.30. The second-order valence-corrected chi connectivity index (χ2v) is 6.74. The zero-order chi connectivity index (χ0) is 17.8. The van der Waals surface area contributed by atoms with E-state index in [1.165, 1.54) is 24.1 Å². The fraction of sp³-hybridized carbons (Fsp3) is 0.500. The Bertz CT molecular complexity index is 586. The van der Waals surface area contributed by atoms with E-state index in [0.717, 1.165) is 0 Å². The highest BCUT2D eigenvalue weighted by atomic mass is 35.5. The second-order valence-electron chi connectivity index (χ2n) is 6.33. The fourth-order valence-electron chi connectivity index (χ4n) is 2.01. The molecule has 0 aromatic heterocycles. The first kappa shape index (κ1) is 19.2. The molecule has 23 heavy (non-hydrogen) atoms. The number of likely N-dealkylation sites (N-methyl/N-ethyl adjacent to an activating group) is 1. The summed E-state index contributed by atoms with van der Waals surface area (Å²) in [5, 5.41) is 9.01. The van der Waals surface area contributed by atoms with Gasteiger partial charge in [-0.05, 0) is 38.5 Å². The van der Waals surface area contributed by atoms with Crippen molar-refractivity contribution in [1.29, 1.82) is 0 Å². The Labute approximate surface area is 140 Å². The van der Waals surface area contributed by atoms with Crippen LogP contribution in [-0.4, -0.2) is 41.3 Å². The number of nitrogens with zero attached hydrogens (tertiary/aromatic N) is 1. The van der Waals surface area contributed by atoms with Crippen LogP contribution in [-0.2, 0) is 9.53 Å². The molecule has 0 heterocycles. The number of rotatable bonds is 5. The van der Waals surface area contributed by atoms with E-state index in [0.29, 0.717) is 5.56 Å². The molecule has 0 bridgehead atoms. The molecule has 7 heteroatoms. The lowest BCUT2D eigenvalue weighted by Crippen LogP contribution is -2.36. The number of carboxylic acid groups (broad SMARTS) is 1. The van der Waals surface area contributed by atoms with E-state index in [1.54, 1.807) is 26.8 Å². The molecule has 1 N–H and O–H groups in total. The molecule has 1 rings (SSSR count). The van der Waals surface area contributed by atoms with E-state index >= 15 is 0 Å². The van der Waals surface area contributed by atoms with Gasteiger partial charge < -0.3 is 14.7 Å². The first-order valence-electron chi connectivity index (χ1n) is 7.10. The number of carboxylic acids is 1. The van der Waals surface area contributed by atoms with Crippen LogP contribution in [0.15, 0.2) is 18.2 Å². The van der Waals surface area contributed by atoms with Crippen molar-refractivity contribution in [3.05, 3.63) is 34.6 Å². The lowest BCUT2D eigenvalue weighted by atomic mass is 9.95. The van der Waals surface area contributed by atoms with Gasteiger partial charge in [0.05, 0.1) is 11.4 Å². The van der Waals surface area contributed by atoms with Gasteiger partial charge in [-0.2, -0.15) is 0 Å². The first-order valence-corrected chi connectivity index (χ1v) is 7.48. The molecule has 0 aliphatic heterocycles. The number of amides is 1. The van der Waals surface area contributed by atoms with E-state index < -0.39 is 29.4 Å². The third-order valence-corrected chi connectivity index (χ3v) is 3.34.